The zero-order chi connectivity index (χ0) is 19.2. The van der Waals surface area contributed by atoms with Crippen LogP contribution in [0.5, 0.6) is 0 Å². The number of thiol groups is 1. The molecule has 0 radical (unpaired) electrons. The molecule has 0 saturated heterocycles. The van der Waals surface area contributed by atoms with E-state index in [1.807, 2.05) is 0 Å². The molecule has 0 saturated carbocycles. The summed E-state index contributed by atoms with van der Waals surface area (Å²) in [7, 11) is 0. The van der Waals surface area contributed by atoms with Gasteiger partial charge in [0.15, 0.2) is 9.58 Å². The fourth-order valence-electron chi connectivity index (χ4n) is 3.82. The lowest BCUT2D eigenvalue weighted by molar-refractivity contribution is 0.502. The summed E-state index contributed by atoms with van der Waals surface area (Å²) < 4.78 is -0.0211. The number of azo groups is 1. The Balaban J connectivity index is 1.52. The molecule has 0 spiro atoms. The number of rotatable bonds is 15. The van der Waals surface area contributed by atoms with Crippen molar-refractivity contribution in [2.75, 3.05) is 0 Å². The van der Waals surface area contributed by atoms with Crippen molar-refractivity contribution in [1.82, 2.24) is 0 Å². The fourth-order valence-corrected chi connectivity index (χ4v) is 5.47. The highest BCUT2D eigenvalue weighted by Crippen LogP contribution is 2.50. The van der Waals surface area contributed by atoms with Crippen LogP contribution in [0.2, 0.25) is 0 Å². The molecular weight excluding hydrogens is 368 g/mol. The predicted molar refractivity (Wildman–Crippen MR) is 124 cm³/mol. The third-order valence-electron chi connectivity index (χ3n) is 5.46. The number of unbranched alkanes of at least 4 members (excludes halogenated alkanes) is 12. The smallest absolute Gasteiger partial charge is 0.162 e. The molecule has 0 fully saturated rings. The molecule has 0 bridgehead atoms. The van der Waals surface area contributed by atoms with Crippen LogP contribution in [0, 0.1) is 0 Å². The van der Waals surface area contributed by atoms with E-state index in [9.17, 15) is 0 Å². The summed E-state index contributed by atoms with van der Waals surface area (Å²) in [5, 5.41) is 8.92. The number of nitrogens with zero attached hydrogens (tertiary/aromatic N) is 2. The summed E-state index contributed by atoms with van der Waals surface area (Å²) in [6.45, 7) is 2.29. The van der Waals surface area contributed by atoms with Crippen LogP contribution in [-0.2, 0) is 4.87 Å². The summed E-state index contributed by atoms with van der Waals surface area (Å²) in [4.78, 5) is -0.203. The van der Waals surface area contributed by atoms with E-state index in [2.05, 4.69) is 60.1 Å². The number of hydrogen-bond acceptors (Lipinski definition) is 4. The van der Waals surface area contributed by atoms with Gasteiger partial charge in [-0.1, -0.05) is 126 Å². The van der Waals surface area contributed by atoms with E-state index in [4.69, 9.17) is 0 Å². The van der Waals surface area contributed by atoms with Crippen molar-refractivity contribution >= 4 is 24.4 Å². The number of thioether (sulfide) groups is 1. The summed E-state index contributed by atoms with van der Waals surface area (Å²) in [6, 6.07) is 10.6. The molecule has 0 amide bonds. The van der Waals surface area contributed by atoms with E-state index in [0.717, 1.165) is 6.42 Å². The average molecular weight is 407 g/mol. The van der Waals surface area contributed by atoms with Crippen LogP contribution in [0.25, 0.3) is 0 Å². The van der Waals surface area contributed by atoms with E-state index >= 15 is 0 Å². The first-order valence-electron chi connectivity index (χ1n) is 11.1. The molecule has 0 N–H and O–H groups in total. The molecule has 2 rings (SSSR count). The summed E-state index contributed by atoms with van der Waals surface area (Å²) in [5.41, 5.74) is 1.27. The summed E-state index contributed by atoms with van der Waals surface area (Å²) >= 11 is 6.28. The Bertz CT molecular complexity index is 520. The second-order valence-electron chi connectivity index (χ2n) is 7.80. The molecule has 27 heavy (non-hydrogen) atoms. The quantitative estimate of drug-likeness (QED) is 0.228. The summed E-state index contributed by atoms with van der Waals surface area (Å²) in [6.07, 6.45) is 19.1. The van der Waals surface area contributed by atoms with Crippen molar-refractivity contribution in [1.29, 1.82) is 0 Å². The Morgan fingerprint density at radius 2 is 1.33 bits per heavy atom. The third-order valence-corrected chi connectivity index (χ3v) is 7.10. The highest BCUT2D eigenvalue weighted by molar-refractivity contribution is 8.11. The first kappa shape index (κ1) is 22.8. The lowest BCUT2D eigenvalue weighted by Gasteiger charge is -2.24. The number of hydrogen-bond donors (Lipinski definition) is 1. The molecule has 1 aliphatic heterocycles. The molecule has 1 aliphatic rings. The zero-order valence-electron chi connectivity index (χ0n) is 17.1. The van der Waals surface area contributed by atoms with Gasteiger partial charge in [-0.05, 0) is 18.4 Å². The molecule has 152 valence electrons. The lowest BCUT2D eigenvalue weighted by atomic mass is 9.99. The Hall–Kier alpha value is -0.480. The first-order chi connectivity index (χ1) is 13.3. The molecule has 0 aromatic heterocycles. The minimum absolute atomic E-state index is 0.0211. The minimum Gasteiger partial charge on any atom is -0.169 e. The Kier molecular flexibility index (Phi) is 11.5. The van der Waals surface area contributed by atoms with Gasteiger partial charge in [-0.2, -0.15) is 10.2 Å². The maximum Gasteiger partial charge on any atom is 0.162 e. The van der Waals surface area contributed by atoms with Crippen molar-refractivity contribution < 1.29 is 0 Å². The normalized spacial score (nSPS) is 21.8. The van der Waals surface area contributed by atoms with Crippen LogP contribution < -0.4 is 0 Å². The predicted octanol–water partition coefficient (Wildman–Crippen LogP) is 8.73. The molecule has 2 nitrogen and oxygen atoms in total. The molecule has 1 aromatic carbocycles. The molecular formula is C23H38N2S2. The fraction of sp³-hybridized carbons (Fsp3) is 0.739. The van der Waals surface area contributed by atoms with Crippen LogP contribution >= 0.6 is 24.4 Å². The van der Waals surface area contributed by atoms with E-state index < -0.39 is 0 Å². The van der Waals surface area contributed by atoms with Gasteiger partial charge in [0, 0.05) is 0 Å². The third kappa shape index (κ3) is 8.60. The van der Waals surface area contributed by atoms with E-state index in [1.54, 1.807) is 11.8 Å². The highest BCUT2D eigenvalue weighted by Gasteiger charge is 2.38. The standard InChI is InChI=1S/C23H38N2S2/c1-2-3-4-5-6-7-8-9-10-11-12-13-17-20-23(25-24-22(26)27-23)21-18-15-14-16-19-21/h14-16,18-19,22,26H,2-13,17,20H2,1H3. The molecule has 2 atom stereocenters. The van der Waals surface area contributed by atoms with Crippen molar-refractivity contribution in [2.24, 2.45) is 10.2 Å². The van der Waals surface area contributed by atoms with Crippen molar-refractivity contribution in [2.45, 2.75) is 106 Å². The van der Waals surface area contributed by atoms with Gasteiger partial charge in [-0.15, -0.1) is 12.6 Å². The largest absolute Gasteiger partial charge is 0.169 e. The summed E-state index contributed by atoms with van der Waals surface area (Å²) in [5.74, 6) is 0. The molecule has 0 aliphatic carbocycles. The second kappa shape index (κ2) is 13.7. The van der Waals surface area contributed by atoms with Gasteiger partial charge in [0.2, 0.25) is 0 Å². The van der Waals surface area contributed by atoms with E-state index in [-0.39, 0.29) is 9.58 Å². The van der Waals surface area contributed by atoms with Crippen molar-refractivity contribution in [3.63, 3.8) is 0 Å². The average Bonchev–Trinajstić information content (AvgIpc) is 3.08. The van der Waals surface area contributed by atoms with Crippen LogP contribution in [0.3, 0.4) is 0 Å². The highest BCUT2D eigenvalue weighted by atomic mass is 32.2. The zero-order valence-corrected chi connectivity index (χ0v) is 18.8. The van der Waals surface area contributed by atoms with Crippen LogP contribution in [-0.4, -0.2) is 4.71 Å². The molecule has 1 aromatic rings. The maximum absolute atomic E-state index is 4.62. The minimum atomic E-state index is -0.203. The van der Waals surface area contributed by atoms with Gasteiger partial charge in [-0.3, -0.25) is 0 Å². The Morgan fingerprint density at radius 3 is 1.81 bits per heavy atom. The molecule has 1 heterocycles. The van der Waals surface area contributed by atoms with E-state index in [1.165, 1.54) is 89.0 Å². The van der Waals surface area contributed by atoms with Crippen LogP contribution in [0.1, 0.15) is 102 Å². The van der Waals surface area contributed by atoms with Crippen LogP contribution in [0.15, 0.2) is 40.6 Å². The van der Waals surface area contributed by atoms with Gasteiger partial charge in [-0.25, -0.2) is 0 Å². The second-order valence-corrected chi connectivity index (χ2v) is 10.00. The van der Waals surface area contributed by atoms with Gasteiger partial charge in [0.05, 0.1) is 0 Å². The van der Waals surface area contributed by atoms with Crippen molar-refractivity contribution in [3.05, 3.63) is 35.9 Å². The van der Waals surface area contributed by atoms with Gasteiger partial charge in [0.1, 0.15) is 0 Å². The topological polar surface area (TPSA) is 24.7 Å². The van der Waals surface area contributed by atoms with Gasteiger partial charge < -0.3 is 0 Å². The SMILES string of the molecule is CCCCCCCCCCCCCCCC1(c2ccccc2)N=NC(S)S1. The van der Waals surface area contributed by atoms with E-state index in [0.29, 0.717) is 0 Å². The Labute approximate surface area is 176 Å². The van der Waals surface area contributed by atoms with Crippen molar-refractivity contribution in [3.8, 4) is 0 Å². The van der Waals surface area contributed by atoms with Gasteiger partial charge >= 0.3 is 0 Å². The van der Waals surface area contributed by atoms with Crippen LogP contribution in [0.4, 0.5) is 0 Å². The Morgan fingerprint density at radius 1 is 0.815 bits per heavy atom. The molecule has 2 unspecified atom stereocenters. The first-order valence-corrected chi connectivity index (χ1v) is 12.5. The maximum atomic E-state index is 4.62. The lowest BCUT2D eigenvalue weighted by Crippen LogP contribution is -2.17. The molecule has 4 heteroatoms. The van der Waals surface area contributed by atoms with Gasteiger partial charge in [0.25, 0.3) is 0 Å². The number of benzene rings is 1. The monoisotopic (exact) mass is 406 g/mol.